The number of rotatable bonds is 2. The van der Waals surface area contributed by atoms with E-state index >= 15 is 0 Å². The Hall–Kier alpha value is -2.26. The van der Waals surface area contributed by atoms with E-state index in [0.29, 0.717) is 0 Å². The summed E-state index contributed by atoms with van der Waals surface area (Å²) >= 11 is 0. The van der Waals surface area contributed by atoms with E-state index in [4.69, 9.17) is 5.26 Å². The Labute approximate surface area is 103 Å². The molecule has 1 aromatic rings. The first-order chi connectivity index (χ1) is 8.61. The quantitative estimate of drug-likeness (QED) is 0.755. The minimum atomic E-state index is -0.590. The van der Waals surface area contributed by atoms with Crippen LogP contribution in [0.1, 0.15) is 11.1 Å². The van der Waals surface area contributed by atoms with Crippen molar-refractivity contribution >= 4 is 11.8 Å². The van der Waals surface area contributed by atoms with Gasteiger partial charge in [0.25, 0.3) is 0 Å². The molecular formula is C12H10FN3O2. The number of piperazine rings is 1. The number of hydrogen-bond donors (Lipinski definition) is 1. The summed E-state index contributed by atoms with van der Waals surface area (Å²) in [4.78, 5) is 24.0. The third-order valence-electron chi connectivity index (χ3n) is 2.67. The van der Waals surface area contributed by atoms with Crippen LogP contribution in [0.2, 0.25) is 0 Å². The minimum Gasteiger partial charge on any atom is -0.300 e. The number of hydrogen-bond acceptors (Lipinski definition) is 4. The van der Waals surface area contributed by atoms with Crippen molar-refractivity contribution in [2.24, 2.45) is 0 Å². The van der Waals surface area contributed by atoms with Gasteiger partial charge in [-0.05, 0) is 12.1 Å². The van der Waals surface area contributed by atoms with Crippen molar-refractivity contribution in [2.45, 2.75) is 6.54 Å². The summed E-state index contributed by atoms with van der Waals surface area (Å²) in [5, 5.41) is 11.3. The van der Waals surface area contributed by atoms with Crippen LogP contribution in [0, 0.1) is 17.1 Å². The molecule has 2 rings (SSSR count). The maximum absolute atomic E-state index is 13.6. The molecule has 2 amide bonds. The van der Waals surface area contributed by atoms with Gasteiger partial charge in [0.15, 0.2) is 0 Å². The Balaban J connectivity index is 2.21. The predicted octanol–water partition coefficient (Wildman–Crippen LogP) is 0.156. The number of nitriles is 1. The Morgan fingerprint density at radius 3 is 2.56 bits per heavy atom. The topological polar surface area (TPSA) is 73.2 Å². The van der Waals surface area contributed by atoms with Gasteiger partial charge in [0.2, 0.25) is 11.8 Å². The molecule has 1 saturated heterocycles. The second-order valence-electron chi connectivity index (χ2n) is 3.90. The summed E-state index contributed by atoms with van der Waals surface area (Å²) < 4.78 is 13.6. The molecule has 0 aromatic heterocycles. The van der Waals surface area contributed by atoms with Crippen LogP contribution in [0.5, 0.6) is 0 Å². The van der Waals surface area contributed by atoms with E-state index in [9.17, 15) is 14.0 Å². The standard InChI is InChI=1S/C12H10FN3O2/c13-10-3-8(4-14)1-2-9(10)7-16-11(17)5-15-6-12(16)18/h1-3,15H,5-7H2. The van der Waals surface area contributed by atoms with Crippen molar-refractivity contribution in [3.63, 3.8) is 0 Å². The van der Waals surface area contributed by atoms with Gasteiger partial charge in [-0.3, -0.25) is 19.8 Å². The van der Waals surface area contributed by atoms with Crippen molar-refractivity contribution in [3.05, 3.63) is 35.1 Å². The van der Waals surface area contributed by atoms with Crippen LogP contribution in [0.15, 0.2) is 18.2 Å². The first-order valence-corrected chi connectivity index (χ1v) is 5.34. The average Bonchev–Trinajstić information content (AvgIpc) is 2.35. The molecule has 0 unspecified atom stereocenters. The molecule has 5 nitrogen and oxygen atoms in total. The van der Waals surface area contributed by atoms with E-state index in [1.807, 2.05) is 6.07 Å². The molecule has 1 aliphatic heterocycles. The number of carbonyl (C=O) groups is 2. The highest BCUT2D eigenvalue weighted by Gasteiger charge is 2.26. The van der Waals surface area contributed by atoms with E-state index < -0.39 is 5.82 Å². The Kier molecular flexibility index (Phi) is 3.35. The van der Waals surface area contributed by atoms with Crippen LogP contribution in [-0.2, 0) is 16.1 Å². The normalized spacial score (nSPS) is 15.7. The molecule has 0 saturated carbocycles. The van der Waals surface area contributed by atoms with Crippen molar-refractivity contribution in [1.29, 1.82) is 5.26 Å². The van der Waals surface area contributed by atoms with Gasteiger partial charge < -0.3 is 0 Å². The summed E-state index contributed by atoms with van der Waals surface area (Å²) in [5.41, 5.74) is 0.423. The van der Waals surface area contributed by atoms with Crippen LogP contribution >= 0.6 is 0 Å². The molecule has 1 fully saturated rings. The molecule has 1 aromatic carbocycles. The Bertz CT molecular complexity index is 535. The van der Waals surface area contributed by atoms with Crippen LogP contribution in [0.3, 0.4) is 0 Å². The van der Waals surface area contributed by atoms with E-state index in [2.05, 4.69) is 5.32 Å². The fraction of sp³-hybridized carbons (Fsp3) is 0.250. The van der Waals surface area contributed by atoms with Gasteiger partial charge in [0, 0.05) is 5.56 Å². The van der Waals surface area contributed by atoms with Crippen molar-refractivity contribution < 1.29 is 14.0 Å². The lowest BCUT2D eigenvalue weighted by Gasteiger charge is -2.25. The summed E-state index contributed by atoms with van der Waals surface area (Å²) in [6, 6.07) is 5.78. The molecule has 92 valence electrons. The lowest BCUT2D eigenvalue weighted by Crippen LogP contribution is -2.51. The molecule has 0 atom stereocenters. The van der Waals surface area contributed by atoms with Gasteiger partial charge >= 0.3 is 0 Å². The summed E-state index contributed by atoms with van der Waals surface area (Å²) in [6.07, 6.45) is 0. The number of carbonyl (C=O) groups excluding carboxylic acids is 2. The van der Waals surface area contributed by atoms with E-state index in [1.54, 1.807) is 0 Å². The van der Waals surface area contributed by atoms with Gasteiger partial charge in [-0.2, -0.15) is 5.26 Å². The van der Waals surface area contributed by atoms with E-state index in [0.717, 1.165) is 11.0 Å². The smallest absolute Gasteiger partial charge is 0.243 e. The van der Waals surface area contributed by atoms with Crippen molar-refractivity contribution in [3.8, 4) is 6.07 Å². The van der Waals surface area contributed by atoms with E-state index in [-0.39, 0.29) is 42.6 Å². The largest absolute Gasteiger partial charge is 0.300 e. The average molecular weight is 247 g/mol. The second-order valence-corrected chi connectivity index (χ2v) is 3.90. The highest BCUT2D eigenvalue weighted by Crippen LogP contribution is 2.13. The Morgan fingerprint density at radius 1 is 1.33 bits per heavy atom. The summed E-state index contributed by atoms with van der Waals surface area (Å²) in [7, 11) is 0. The zero-order valence-electron chi connectivity index (χ0n) is 9.44. The predicted molar refractivity (Wildman–Crippen MR) is 59.5 cm³/mol. The molecule has 6 heteroatoms. The highest BCUT2D eigenvalue weighted by atomic mass is 19.1. The molecule has 1 heterocycles. The third kappa shape index (κ3) is 2.36. The third-order valence-corrected chi connectivity index (χ3v) is 2.67. The van der Waals surface area contributed by atoms with Gasteiger partial charge in [0.05, 0.1) is 31.3 Å². The van der Waals surface area contributed by atoms with Gasteiger partial charge in [-0.25, -0.2) is 4.39 Å². The number of nitrogens with one attached hydrogen (secondary N) is 1. The lowest BCUT2D eigenvalue weighted by molar-refractivity contribution is -0.147. The monoisotopic (exact) mass is 247 g/mol. The molecule has 0 aliphatic carbocycles. The Morgan fingerprint density at radius 2 is 2.00 bits per heavy atom. The first kappa shape index (κ1) is 12.2. The zero-order chi connectivity index (χ0) is 13.1. The number of nitrogens with zero attached hydrogens (tertiary/aromatic N) is 2. The van der Waals surface area contributed by atoms with Gasteiger partial charge in [0.1, 0.15) is 5.82 Å². The molecule has 18 heavy (non-hydrogen) atoms. The van der Waals surface area contributed by atoms with E-state index in [1.165, 1.54) is 12.1 Å². The van der Waals surface area contributed by atoms with Crippen molar-refractivity contribution in [2.75, 3.05) is 13.1 Å². The van der Waals surface area contributed by atoms with Crippen LogP contribution < -0.4 is 5.32 Å². The molecule has 1 N–H and O–H groups in total. The molecule has 0 spiro atoms. The first-order valence-electron chi connectivity index (χ1n) is 5.34. The maximum Gasteiger partial charge on any atom is 0.243 e. The van der Waals surface area contributed by atoms with Gasteiger partial charge in [-0.1, -0.05) is 6.07 Å². The minimum absolute atomic E-state index is 0.0731. The van der Waals surface area contributed by atoms with Crippen LogP contribution in [0.25, 0.3) is 0 Å². The molecular weight excluding hydrogens is 237 g/mol. The molecule has 0 bridgehead atoms. The molecule has 1 aliphatic rings. The zero-order valence-corrected chi connectivity index (χ0v) is 9.44. The molecule has 0 radical (unpaired) electrons. The number of amides is 2. The fourth-order valence-corrected chi connectivity index (χ4v) is 1.70. The summed E-state index contributed by atoms with van der Waals surface area (Å²) in [5.74, 6) is -1.35. The van der Waals surface area contributed by atoms with Crippen LogP contribution in [-0.4, -0.2) is 29.8 Å². The van der Waals surface area contributed by atoms with Gasteiger partial charge in [-0.15, -0.1) is 0 Å². The highest BCUT2D eigenvalue weighted by molar-refractivity contribution is 5.99. The lowest BCUT2D eigenvalue weighted by atomic mass is 10.1. The van der Waals surface area contributed by atoms with Crippen LogP contribution in [0.4, 0.5) is 4.39 Å². The number of halogens is 1. The second kappa shape index (κ2) is 4.94. The number of benzene rings is 1. The SMILES string of the molecule is N#Cc1ccc(CN2C(=O)CNCC2=O)c(F)c1. The van der Waals surface area contributed by atoms with Crippen molar-refractivity contribution in [1.82, 2.24) is 10.2 Å². The number of imide groups is 1. The fourth-order valence-electron chi connectivity index (χ4n) is 1.70. The summed E-state index contributed by atoms with van der Waals surface area (Å²) in [6.45, 7) is 0.0458. The maximum atomic E-state index is 13.6.